The fourth-order valence-corrected chi connectivity index (χ4v) is 3.41. The zero-order valence-electron chi connectivity index (χ0n) is 7.82. The average molecular weight is 188 g/mol. The molecule has 1 rings (SSSR count). The molecule has 0 amide bonds. The summed E-state index contributed by atoms with van der Waals surface area (Å²) in [5.74, 6) is 0. The molecule has 12 heavy (non-hydrogen) atoms. The van der Waals surface area contributed by atoms with E-state index in [4.69, 9.17) is 4.52 Å². The quantitative estimate of drug-likeness (QED) is 0.502. The van der Waals surface area contributed by atoms with E-state index < -0.39 is 7.37 Å². The molecule has 0 aromatic rings. The Hall–Kier alpha value is -0.0700. The average Bonchev–Trinajstić information content (AvgIpc) is 2.06. The van der Waals surface area contributed by atoms with Crippen LogP contribution >= 0.6 is 7.37 Å². The van der Waals surface area contributed by atoms with Crippen LogP contribution in [0.25, 0.3) is 0 Å². The molecule has 2 nitrogen and oxygen atoms in total. The summed E-state index contributed by atoms with van der Waals surface area (Å²) >= 11 is 0. The topological polar surface area (TPSA) is 26.3 Å². The second kappa shape index (κ2) is 4.25. The van der Waals surface area contributed by atoms with Crippen LogP contribution in [0.1, 0.15) is 26.2 Å². The lowest BCUT2D eigenvalue weighted by Gasteiger charge is -2.24. The third-order valence-electron chi connectivity index (χ3n) is 2.29. The molecule has 70 valence electrons. The maximum Gasteiger partial charge on any atom is 0.203 e. The molecule has 0 heterocycles. The number of rotatable bonds is 3. The molecule has 2 atom stereocenters. The van der Waals surface area contributed by atoms with Gasteiger partial charge in [0.25, 0.3) is 0 Å². The van der Waals surface area contributed by atoms with E-state index >= 15 is 0 Å². The summed E-state index contributed by atoms with van der Waals surface area (Å²) in [7, 11) is -2.32. The van der Waals surface area contributed by atoms with Gasteiger partial charge < -0.3 is 4.52 Å². The maximum atomic E-state index is 11.9. The first-order chi connectivity index (χ1) is 5.67. The molecule has 0 N–H and O–H groups in total. The van der Waals surface area contributed by atoms with Crippen molar-refractivity contribution in [3.8, 4) is 0 Å². The summed E-state index contributed by atoms with van der Waals surface area (Å²) in [6.07, 6.45) is 7.26. The molecule has 0 fully saturated rings. The summed E-state index contributed by atoms with van der Waals surface area (Å²) in [6, 6.07) is 0. The lowest BCUT2D eigenvalue weighted by Crippen LogP contribution is -2.11. The molecule has 0 spiro atoms. The maximum absolute atomic E-state index is 11.9. The van der Waals surface area contributed by atoms with Crippen LogP contribution in [-0.4, -0.2) is 18.9 Å². The van der Waals surface area contributed by atoms with Crippen molar-refractivity contribution < 1.29 is 9.09 Å². The van der Waals surface area contributed by atoms with Gasteiger partial charge >= 0.3 is 0 Å². The van der Waals surface area contributed by atoms with Gasteiger partial charge in [-0.1, -0.05) is 12.2 Å². The molecule has 1 aliphatic carbocycles. The summed E-state index contributed by atoms with van der Waals surface area (Å²) in [5.41, 5.74) is 0.266. The van der Waals surface area contributed by atoms with Crippen molar-refractivity contribution in [2.24, 2.45) is 0 Å². The van der Waals surface area contributed by atoms with E-state index in [1.807, 2.05) is 6.92 Å². The van der Waals surface area contributed by atoms with Crippen molar-refractivity contribution in [2.45, 2.75) is 31.8 Å². The van der Waals surface area contributed by atoms with Gasteiger partial charge in [0.2, 0.25) is 7.37 Å². The minimum atomic E-state index is -2.32. The molecule has 3 heteroatoms. The first-order valence-electron chi connectivity index (χ1n) is 4.53. The Labute approximate surface area is 74.5 Å². The third-order valence-corrected chi connectivity index (χ3v) is 4.86. The van der Waals surface area contributed by atoms with Crippen LogP contribution < -0.4 is 0 Å². The van der Waals surface area contributed by atoms with Crippen molar-refractivity contribution in [3.63, 3.8) is 0 Å². The summed E-state index contributed by atoms with van der Waals surface area (Å²) in [4.78, 5) is 0. The molecule has 0 saturated heterocycles. The predicted molar refractivity (Wildman–Crippen MR) is 51.9 cm³/mol. The highest BCUT2D eigenvalue weighted by atomic mass is 31.2. The first-order valence-corrected chi connectivity index (χ1v) is 6.67. The Morgan fingerprint density at radius 2 is 2.33 bits per heavy atom. The van der Waals surface area contributed by atoms with E-state index in [1.54, 1.807) is 6.66 Å². The van der Waals surface area contributed by atoms with Gasteiger partial charge in [0.1, 0.15) is 0 Å². The van der Waals surface area contributed by atoms with Crippen molar-refractivity contribution in [1.29, 1.82) is 0 Å². The normalized spacial score (nSPS) is 28.3. The lowest BCUT2D eigenvalue weighted by atomic mass is 10.1. The van der Waals surface area contributed by atoms with Gasteiger partial charge in [0.05, 0.1) is 6.61 Å². The minimum Gasteiger partial charge on any atom is -0.329 e. The fourth-order valence-electron chi connectivity index (χ4n) is 1.57. The van der Waals surface area contributed by atoms with Gasteiger partial charge in [0, 0.05) is 12.3 Å². The molecule has 0 radical (unpaired) electrons. The zero-order chi connectivity index (χ0) is 9.03. The molecule has 0 aromatic heterocycles. The Morgan fingerprint density at radius 1 is 1.58 bits per heavy atom. The fraction of sp³-hybridized carbons (Fsp3) is 0.778. The number of hydrogen-bond acceptors (Lipinski definition) is 2. The van der Waals surface area contributed by atoms with Crippen LogP contribution in [0, 0.1) is 0 Å². The lowest BCUT2D eigenvalue weighted by molar-refractivity contribution is 0.327. The smallest absolute Gasteiger partial charge is 0.203 e. The molecule has 0 aliphatic heterocycles. The first kappa shape index (κ1) is 10.0. The monoisotopic (exact) mass is 188 g/mol. The van der Waals surface area contributed by atoms with Crippen LogP contribution in [0.2, 0.25) is 0 Å². The molecule has 2 unspecified atom stereocenters. The highest BCUT2D eigenvalue weighted by Crippen LogP contribution is 2.52. The van der Waals surface area contributed by atoms with Crippen LogP contribution in [0.15, 0.2) is 12.2 Å². The van der Waals surface area contributed by atoms with Crippen LogP contribution in [0.4, 0.5) is 0 Å². The Kier molecular flexibility index (Phi) is 3.54. The highest BCUT2D eigenvalue weighted by Gasteiger charge is 2.28. The summed E-state index contributed by atoms with van der Waals surface area (Å²) in [5, 5.41) is 0. The number of allylic oxidation sites excluding steroid dienone is 2. The van der Waals surface area contributed by atoms with E-state index in [-0.39, 0.29) is 5.66 Å². The van der Waals surface area contributed by atoms with E-state index in [2.05, 4.69) is 12.2 Å². The van der Waals surface area contributed by atoms with Crippen molar-refractivity contribution >= 4 is 7.37 Å². The van der Waals surface area contributed by atoms with E-state index in [9.17, 15) is 4.57 Å². The van der Waals surface area contributed by atoms with Gasteiger partial charge in [-0.25, -0.2) is 0 Å². The minimum absolute atomic E-state index is 0.266. The van der Waals surface area contributed by atoms with Crippen molar-refractivity contribution in [1.82, 2.24) is 0 Å². The van der Waals surface area contributed by atoms with Gasteiger partial charge in [-0.2, -0.15) is 0 Å². The standard InChI is InChI=1S/C9H17O2P/c1-3-11-12(2,10)9-7-5-4-6-8-9/h4-5,9H,3,6-8H2,1-2H3. The van der Waals surface area contributed by atoms with E-state index in [1.165, 1.54) is 0 Å². The van der Waals surface area contributed by atoms with Gasteiger partial charge in [-0.3, -0.25) is 4.57 Å². The Balaban J connectivity index is 2.55. The molecular formula is C9H17O2P. The van der Waals surface area contributed by atoms with Crippen molar-refractivity contribution in [2.75, 3.05) is 13.3 Å². The second-order valence-corrected chi connectivity index (χ2v) is 6.07. The second-order valence-electron chi connectivity index (χ2n) is 3.26. The van der Waals surface area contributed by atoms with E-state index in [0.29, 0.717) is 6.61 Å². The van der Waals surface area contributed by atoms with Crippen molar-refractivity contribution in [3.05, 3.63) is 12.2 Å². The highest BCUT2D eigenvalue weighted by molar-refractivity contribution is 7.58. The van der Waals surface area contributed by atoms with Crippen LogP contribution in [0.3, 0.4) is 0 Å². The zero-order valence-corrected chi connectivity index (χ0v) is 8.72. The third kappa shape index (κ3) is 2.46. The van der Waals surface area contributed by atoms with E-state index in [0.717, 1.165) is 19.3 Å². The van der Waals surface area contributed by atoms with Crippen LogP contribution in [-0.2, 0) is 9.09 Å². The molecule has 0 bridgehead atoms. The molecule has 0 aromatic carbocycles. The Bertz CT molecular complexity index is 211. The predicted octanol–water partition coefficient (Wildman–Crippen LogP) is 3.04. The molecule has 0 saturated carbocycles. The van der Waals surface area contributed by atoms with Gasteiger partial charge in [0.15, 0.2) is 0 Å². The summed E-state index contributed by atoms with van der Waals surface area (Å²) < 4.78 is 17.2. The Morgan fingerprint density at radius 3 is 2.83 bits per heavy atom. The SMILES string of the molecule is CCOP(C)(=O)C1CC=CCC1. The van der Waals surface area contributed by atoms with Gasteiger partial charge in [-0.05, 0) is 26.2 Å². The molecule has 1 aliphatic rings. The largest absolute Gasteiger partial charge is 0.329 e. The van der Waals surface area contributed by atoms with Crippen LogP contribution in [0.5, 0.6) is 0 Å². The molecular weight excluding hydrogens is 171 g/mol. The number of hydrogen-bond donors (Lipinski definition) is 0. The van der Waals surface area contributed by atoms with Gasteiger partial charge in [-0.15, -0.1) is 0 Å². The summed E-state index contributed by atoms with van der Waals surface area (Å²) in [6.45, 7) is 4.23.